The van der Waals surface area contributed by atoms with Crippen molar-refractivity contribution < 1.29 is 4.79 Å². The van der Waals surface area contributed by atoms with Crippen molar-refractivity contribution in [3.63, 3.8) is 0 Å². The lowest BCUT2D eigenvalue weighted by Gasteiger charge is -2.27. The molecular weight excluding hydrogens is 359 g/mol. The number of rotatable bonds is 7. The highest BCUT2D eigenvalue weighted by Crippen LogP contribution is 2.26. The normalized spacial score (nSPS) is 12.4. The summed E-state index contributed by atoms with van der Waals surface area (Å²) in [7, 11) is 1.92. The zero-order valence-corrected chi connectivity index (χ0v) is 16.3. The SMILES string of the molecule is CC(C)[C@H](N)C(=O)N(CCc1cn(C)cn1)Cc1cccc(Cl)c1Cl. The second-order valence-electron chi connectivity index (χ2n) is 6.52. The molecule has 2 aromatic rings. The van der Waals surface area contributed by atoms with Crippen LogP contribution in [0.3, 0.4) is 0 Å². The van der Waals surface area contributed by atoms with E-state index in [4.69, 9.17) is 28.9 Å². The minimum atomic E-state index is -0.554. The maximum atomic E-state index is 12.8. The van der Waals surface area contributed by atoms with Crippen LogP contribution < -0.4 is 5.73 Å². The Hall–Kier alpha value is -1.56. The first-order chi connectivity index (χ1) is 11.8. The molecule has 1 aromatic heterocycles. The molecule has 25 heavy (non-hydrogen) atoms. The van der Waals surface area contributed by atoms with E-state index in [1.54, 1.807) is 17.3 Å². The number of carbonyl (C=O) groups is 1. The maximum Gasteiger partial charge on any atom is 0.240 e. The maximum absolute atomic E-state index is 12.8. The lowest BCUT2D eigenvalue weighted by molar-refractivity contribution is -0.134. The topological polar surface area (TPSA) is 64.2 Å². The van der Waals surface area contributed by atoms with Gasteiger partial charge < -0.3 is 15.2 Å². The van der Waals surface area contributed by atoms with Crippen LogP contribution in [0.2, 0.25) is 10.0 Å². The molecule has 0 aliphatic rings. The van der Waals surface area contributed by atoms with Gasteiger partial charge in [0.2, 0.25) is 5.91 Å². The Balaban J connectivity index is 2.18. The van der Waals surface area contributed by atoms with Crippen LogP contribution in [0.25, 0.3) is 0 Å². The molecule has 1 atom stereocenters. The monoisotopic (exact) mass is 382 g/mol. The van der Waals surface area contributed by atoms with Crippen LogP contribution in [0.4, 0.5) is 0 Å². The molecule has 0 bridgehead atoms. The van der Waals surface area contributed by atoms with Gasteiger partial charge in [0.25, 0.3) is 0 Å². The summed E-state index contributed by atoms with van der Waals surface area (Å²) in [6, 6.07) is 4.87. The van der Waals surface area contributed by atoms with Gasteiger partial charge in [0.05, 0.1) is 28.1 Å². The highest BCUT2D eigenvalue weighted by molar-refractivity contribution is 6.42. The molecule has 0 unspecified atom stereocenters. The van der Waals surface area contributed by atoms with Crippen LogP contribution in [-0.2, 0) is 24.8 Å². The summed E-state index contributed by atoms with van der Waals surface area (Å²) in [5, 5.41) is 0.947. The van der Waals surface area contributed by atoms with Gasteiger partial charge in [-0.1, -0.05) is 49.2 Å². The van der Waals surface area contributed by atoms with E-state index in [1.165, 1.54) is 0 Å². The summed E-state index contributed by atoms with van der Waals surface area (Å²) in [6.07, 6.45) is 4.34. The quantitative estimate of drug-likeness (QED) is 0.798. The third-order valence-corrected chi connectivity index (χ3v) is 4.96. The number of aromatic nitrogens is 2. The number of amides is 1. The minimum Gasteiger partial charge on any atom is -0.340 e. The molecule has 0 aliphatic carbocycles. The molecule has 136 valence electrons. The van der Waals surface area contributed by atoms with E-state index in [-0.39, 0.29) is 11.8 Å². The van der Waals surface area contributed by atoms with E-state index in [1.807, 2.05) is 43.8 Å². The molecule has 0 fully saturated rings. The molecule has 0 radical (unpaired) electrons. The van der Waals surface area contributed by atoms with E-state index in [0.29, 0.717) is 29.6 Å². The Labute approximate surface area is 158 Å². The first kappa shape index (κ1) is 19.8. The van der Waals surface area contributed by atoms with E-state index < -0.39 is 6.04 Å². The standard InChI is InChI=1S/C18H24Cl2N4O/c1-12(2)17(21)18(25)24(8-7-14-10-23(3)11-22-14)9-13-5-4-6-15(19)16(13)20/h4-6,10-12,17H,7-9,21H2,1-3H3/t17-/m0/s1. The summed E-state index contributed by atoms with van der Waals surface area (Å²) in [6.45, 7) is 4.75. The van der Waals surface area contributed by atoms with Crippen molar-refractivity contribution in [1.29, 1.82) is 0 Å². The van der Waals surface area contributed by atoms with Gasteiger partial charge in [-0.25, -0.2) is 4.98 Å². The Morgan fingerprint density at radius 3 is 2.68 bits per heavy atom. The van der Waals surface area contributed by atoms with Crippen molar-refractivity contribution in [3.05, 3.63) is 52.0 Å². The minimum absolute atomic E-state index is 0.0553. The van der Waals surface area contributed by atoms with Crippen molar-refractivity contribution in [2.75, 3.05) is 6.54 Å². The number of imidazole rings is 1. The van der Waals surface area contributed by atoms with Gasteiger partial charge in [0.1, 0.15) is 0 Å². The van der Waals surface area contributed by atoms with Crippen LogP contribution in [0, 0.1) is 5.92 Å². The van der Waals surface area contributed by atoms with Gasteiger partial charge in [0, 0.05) is 32.8 Å². The molecule has 5 nitrogen and oxygen atoms in total. The summed E-state index contributed by atoms with van der Waals surface area (Å²) < 4.78 is 1.88. The van der Waals surface area contributed by atoms with E-state index >= 15 is 0 Å². The highest BCUT2D eigenvalue weighted by atomic mass is 35.5. The van der Waals surface area contributed by atoms with Crippen LogP contribution in [-0.4, -0.2) is 32.9 Å². The van der Waals surface area contributed by atoms with Gasteiger partial charge in [-0.3, -0.25) is 4.79 Å². The molecule has 2 rings (SSSR count). The fourth-order valence-corrected chi connectivity index (χ4v) is 2.86. The Morgan fingerprint density at radius 1 is 1.36 bits per heavy atom. The average molecular weight is 383 g/mol. The van der Waals surface area contributed by atoms with Gasteiger partial charge in [0.15, 0.2) is 0 Å². The third kappa shape index (κ3) is 5.21. The molecule has 0 spiro atoms. The van der Waals surface area contributed by atoms with Crippen LogP contribution in [0.1, 0.15) is 25.1 Å². The van der Waals surface area contributed by atoms with Crippen molar-refractivity contribution in [2.24, 2.45) is 18.7 Å². The predicted octanol–water partition coefficient (Wildman–Crippen LogP) is 3.28. The number of hydrogen-bond donors (Lipinski definition) is 1. The number of benzene rings is 1. The van der Waals surface area contributed by atoms with Crippen LogP contribution in [0.15, 0.2) is 30.7 Å². The molecule has 1 aromatic carbocycles. The number of carbonyl (C=O) groups excluding carboxylic acids is 1. The van der Waals surface area contributed by atoms with Crippen molar-refractivity contribution in [1.82, 2.24) is 14.5 Å². The van der Waals surface area contributed by atoms with Crippen LogP contribution in [0.5, 0.6) is 0 Å². The lowest BCUT2D eigenvalue weighted by atomic mass is 10.0. The van der Waals surface area contributed by atoms with Crippen molar-refractivity contribution in [3.8, 4) is 0 Å². The van der Waals surface area contributed by atoms with Gasteiger partial charge in [-0.15, -0.1) is 0 Å². The number of nitrogens with two attached hydrogens (primary N) is 1. The Morgan fingerprint density at radius 2 is 2.08 bits per heavy atom. The zero-order chi connectivity index (χ0) is 18.6. The number of hydrogen-bond acceptors (Lipinski definition) is 3. The first-order valence-corrected chi connectivity index (χ1v) is 8.99. The Kier molecular flexibility index (Phi) is 6.87. The smallest absolute Gasteiger partial charge is 0.240 e. The molecule has 1 heterocycles. The second kappa shape index (κ2) is 8.70. The summed E-state index contributed by atoms with van der Waals surface area (Å²) >= 11 is 12.4. The molecule has 1 amide bonds. The van der Waals surface area contributed by atoms with Crippen molar-refractivity contribution >= 4 is 29.1 Å². The molecule has 0 aliphatic heterocycles. The van der Waals surface area contributed by atoms with Gasteiger partial charge in [-0.2, -0.15) is 0 Å². The highest BCUT2D eigenvalue weighted by Gasteiger charge is 2.24. The lowest BCUT2D eigenvalue weighted by Crippen LogP contribution is -2.46. The fourth-order valence-electron chi connectivity index (χ4n) is 2.48. The first-order valence-electron chi connectivity index (χ1n) is 8.23. The molecule has 2 N–H and O–H groups in total. The summed E-state index contributed by atoms with van der Waals surface area (Å²) in [5.41, 5.74) is 7.82. The van der Waals surface area contributed by atoms with E-state index in [2.05, 4.69) is 4.98 Å². The zero-order valence-electron chi connectivity index (χ0n) is 14.7. The molecule has 0 saturated heterocycles. The second-order valence-corrected chi connectivity index (χ2v) is 7.31. The number of halogens is 2. The predicted molar refractivity (Wildman–Crippen MR) is 102 cm³/mol. The number of nitrogens with zero attached hydrogens (tertiary/aromatic N) is 3. The Bertz CT molecular complexity index is 730. The largest absolute Gasteiger partial charge is 0.340 e. The summed E-state index contributed by atoms with van der Waals surface area (Å²) in [4.78, 5) is 18.9. The summed E-state index contributed by atoms with van der Waals surface area (Å²) in [5.74, 6) is -0.0401. The van der Waals surface area contributed by atoms with Gasteiger partial charge in [-0.05, 0) is 17.5 Å². The van der Waals surface area contributed by atoms with E-state index in [9.17, 15) is 4.79 Å². The van der Waals surface area contributed by atoms with E-state index in [0.717, 1.165) is 11.3 Å². The molecular formula is C18H24Cl2N4O. The van der Waals surface area contributed by atoms with Crippen LogP contribution >= 0.6 is 23.2 Å². The van der Waals surface area contributed by atoms with Gasteiger partial charge >= 0.3 is 0 Å². The average Bonchev–Trinajstić information content (AvgIpc) is 2.99. The molecule has 0 saturated carbocycles. The van der Waals surface area contributed by atoms with Crippen molar-refractivity contribution in [2.45, 2.75) is 32.9 Å². The fraction of sp³-hybridized carbons (Fsp3) is 0.444. The third-order valence-electron chi connectivity index (χ3n) is 4.10. The molecule has 7 heteroatoms. The number of aryl methyl sites for hydroxylation is 1.